The van der Waals surface area contributed by atoms with Crippen molar-refractivity contribution in [1.82, 2.24) is 9.21 Å². The van der Waals surface area contributed by atoms with Crippen molar-refractivity contribution >= 4 is 33.2 Å². The largest absolute Gasteiger partial charge is 0.368 e. The van der Waals surface area contributed by atoms with Crippen LogP contribution in [-0.4, -0.2) is 62.8 Å². The molecule has 172 valence electrons. The van der Waals surface area contributed by atoms with Gasteiger partial charge in [0.2, 0.25) is 15.9 Å². The molecule has 2 aromatic rings. The molecule has 2 saturated heterocycles. The average Bonchev–Trinajstić information content (AvgIpc) is 2.81. The van der Waals surface area contributed by atoms with E-state index in [0.717, 1.165) is 29.4 Å². The van der Waals surface area contributed by atoms with Gasteiger partial charge in [-0.2, -0.15) is 4.31 Å². The van der Waals surface area contributed by atoms with Gasteiger partial charge in [0.05, 0.1) is 4.90 Å². The van der Waals surface area contributed by atoms with Gasteiger partial charge < -0.3 is 9.80 Å². The Balaban J connectivity index is 1.32. The number of hydrogen-bond donors (Lipinski definition) is 0. The lowest BCUT2D eigenvalue weighted by atomic mass is 9.96. The number of hydrogen-bond acceptors (Lipinski definition) is 4. The van der Waals surface area contributed by atoms with E-state index in [2.05, 4.69) is 11.8 Å². The van der Waals surface area contributed by atoms with Crippen molar-refractivity contribution in [2.45, 2.75) is 31.6 Å². The SMILES string of the molecule is Cc1ccc(S(=O)(=O)N2CCC(C(=O)N3CCN(c4cc(Cl)ccc4C)CC3)CC2)cc1. The van der Waals surface area contributed by atoms with E-state index in [0.29, 0.717) is 43.9 Å². The normalized spacial score (nSPS) is 18.7. The van der Waals surface area contributed by atoms with Gasteiger partial charge in [-0.25, -0.2) is 8.42 Å². The van der Waals surface area contributed by atoms with Gasteiger partial charge in [0.1, 0.15) is 0 Å². The van der Waals surface area contributed by atoms with Crippen molar-refractivity contribution in [3.63, 3.8) is 0 Å². The maximum Gasteiger partial charge on any atom is 0.243 e. The molecule has 0 atom stereocenters. The van der Waals surface area contributed by atoms with Crippen LogP contribution in [0.4, 0.5) is 5.69 Å². The number of carbonyl (C=O) groups excluding carboxylic acids is 1. The van der Waals surface area contributed by atoms with Crippen LogP contribution in [-0.2, 0) is 14.8 Å². The van der Waals surface area contributed by atoms with Crippen LogP contribution in [0.25, 0.3) is 0 Å². The number of halogens is 1. The molecule has 2 aromatic carbocycles. The molecule has 0 aromatic heterocycles. The van der Waals surface area contributed by atoms with Crippen LogP contribution in [0.5, 0.6) is 0 Å². The molecule has 6 nitrogen and oxygen atoms in total. The van der Waals surface area contributed by atoms with Gasteiger partial charge in [-0.15, -0.1) is 0 Å². The maximum atomic E-state index is 13.1. The number of rotatable bonds is 4. The number of anilines is 1. The minimum atomic E-state index is -3.51. The van der Waals surface area contributed by atoms with Crippen molar-refractivity contribution in [3.05, 3.63) is 58.6 Å². The number of nitrogens with zero attached hydrogens (tertiary/aromatic N) is 3. The summed E-state index contributed by atoms with van der Waals surface area (Å²) in [6, 6.07) is 12.8. The van der Waals surface area contributed by atoms with Crippen LogP contribution in [0, 0.1) is 19.8 Å². The Morgan fingerprint density at radius 2 is 1.53 bits per heavy atom. The van der Waals surface area contributed by atoms with Gasteiger partial charge in [0.15, 0.2) is 0 Å². The number of carbonyl (C=O) groups is 1. The van der Waals surface area contributed by atoms with Gasteiger partial charge in [0, 0.05) is 55.9 Å². The second kappa shape index (κ2) is 9.41. The van der Waals surface area contributed by atoms with E-state index in [1.165, 1.54) is 9.87 Å². The lowest BCUT2D eigenvalue weighted by Crippen LogP contribution is -2.52. The molecule has 0 bridgehead atoms. The predicted molar refractivity (Wildman–Crippen MR) is 128 cm³/mol. The second-order valence-electron chi connectivity index (χ2n) is 8.73. The molecular formula is C24H30ClN3O3S. The Labute approximate surface area is 195 Å². The third-order valence-electron chi connectivity index (χ3n) is 6.57. The molecule has 2 aliphatic heterocycles. The Bertz CT molecular complexity index is 1070. The van der Waals surface area contributed by atoms with Gasteiger partial charge in [-0.3, -0.25) is 4.79 Å². The molecule has 2 aliphatic rings. The molecule has 0 radical (unpaired) electrons. The summed E-state index contributed by atoms with van der Waals surface area (Å²) < 4.78 is 27.3. The highest BCUT2D eigenvalue weighted by Crippen LogP contribution is 2.28. The number of aryl methyl sites for hydroxylation is 2. The van der Waals surface area contributed by atoms with Gasteiger partial charge in [-0.05, 0) is 56.5 Å². The molecule has 0 unspecified atom stereocenters. The number of piperidine rings is 1. The molecule has 4 rings (SSSR count). The topological polar surface area (TPSA) is 60.9 Å². The van der Waals surface area contributed by atoms with Crippen molar-refractivity contribution in [3.8, 4) is 0 Å². The quantitative estimate of drug-likeness (QED) is 0.676. The van der Waals surface area contributed by atoms with E-state index in [9.17, 15) is 13.2 Å². The zero-order valence-corrected chi connectivity index (χ0v) is 20.2. The molecule has 0 spiro atoms. The number of sulfonamides is 1. The van der Waals surface area contributed by atoms with Crippen LogP contribution < -0.4 is 4.90 Å². The lowest BCUT2D eigenvalue weighted by Gasteiger charge is -2.39. The summed E-state index contributed by atoms with van der Waals surface area (Å²) in [6.07, 6.45) is 1.13. The highest BCUT2D eigenvalue weighted by molar-refractivity contribution is 7.89. The molecule has 32 heavy (non-hydrogen) atoms. The van der Waals surface area contributed by atoms with Crippen LogP contribution in [0.2, 0.25) is 5.02 Å². The van der Waals surface area contributed by atoms with E-state index in [-0.39, 0.29) is 11.8 Å². The highest BCUT2D eigenvalue weighted by Gasteiger charge is 2.34. The molecular weight excluding hydrogens is 446 g/mol. The third-order valence-corrected chi connectivity index (χ3v) is 8.71. The van der Waals surface area contributed by atoms with Crippen molar-refractivity contribution in [2.75, 3.05) is 44.2 Å². The number of amides is 1. The van der Waals surface area contributed by atoms with Crippen LogP contribution in [0.15, 0.2) is 47.4 Å². The standard InChI is InChI=1S/C24H30ClN3O3S/c1-18-3-7-22(8-4-18)32(30,31)28-11-9-20(10-12-28)24(29)27-15-13-26(14-16-27)23-17-21(25)6-5-19(23)2/h3-8,17,20H,9-16H2,1-2H3. The van der Waals surface area contributed by atoms with Gasteiger partial charge in [0.25, 0.3) is 0 Å². The first-order chi connectivity index (χ1) is 15.3. The zero-order valence-electron chi connectivity index (χ0n) is 18.6. The summed E-state index contributed by atoms with van der Waals surface area (Å²) in [7, 11) is -3.51. The van der Waals surface area contributed by atoms with E-state index in [1.54, 1.807) is 12.1 Å². The smallest absolute Gasteiger partial charge is 0.243 e. The third kappa shape index (κ3) is 4.80. The summed E-state index contributed by atoms with van der Waals surface area (Å²) in [5, 5.41) is 0.719. The Morgan fingerprint density at radius 1 is 0.906 bits per heavy atom. The minimum absolute atomic E-state index is 0.112. The number of piperazine rings is 1. The number of benzene rings is 2. The fourth-order valence-corrected chi connectivity index (χ4v) is 6.19. The molecule has 0 saturated carbocycles. The fourth-order valence-electron chi connectivity index (χ4n) is 4.55. The monoisotopic (exact) mass is 475 g/mol. The Hall–Kier alpha value is -2.09. The van der Waals surface area contributed by atoms with Crippen LogP contribution in [0.1, 0.15) is 24.0 Å². The highest BCUT2D eigenvalue weighted by atomic mass is 35.5. The molecule has 0 aliphatic carbocycles. The summed E-state index contributed by atoms with van der Waals surface area (Å²) in [6.45, 7) is 7.66. The second-order valence-corrected chi connectivity index (χ2v) is 11.1. The van der Waals surface area contributed by atoms with Crippen molar-refractivity contribution in [2.24, 2.45) is 5.92 Å². The zero-order chi connectivity index (χ0) is 22.9. The van der Waals surface area contributed by atoms with E-state index in [4.69, 9.17) is 11.6 Å². The maximum absolute atomic E-state index is 13.1. The molecule has 1 amide bonds. The first-order valence-corrected chi connectivity index (χ1v) is 12.9. The Kier molecular flexibility index (Phi) is 6.79. The van der Waals surface area contributed by atoms with E-state index >= 15 is 0 Å². The van der Waals surface area contributed by atoms with E-state index < -0.39 is 10.0 Å². The van der Waals surface area contributed by atoms with Crippen LogP contribution >= 0.6 is 11.6 Å². The summed E-state index contributed by atoms with van der Waals surface area (Å²) >= 11 is 6.17. The minimum Gasteiger partial charge on any atom is -0.368 e. The van der Waals surface area contributed by atoms with Crippen molar-refractivity contribution in [1.29, 1.82) is 0 Å². The molecule has 0 N–H and O–H groups in total. The summed E-state index contributed by atoms with van der Waals surface area (Å²) in [5.74, 6) is 0.0405. The van der Waals surface area contributed by atoms with E-state index in [1.807, 2.05) is 42.2 Å². The van der Waals surface area contributed by atoms with Gasteiger partial charge in [-0.1, -0.05) is 35.4 Å². The Morgan fingerprint density at radius 3 is 2.16 bits per heavy atom. The first-order valence-electron chi connectivity index (χ1n) is 11.1. The predicted octanol–water partition coefficient (Wildman–Crippen LogP) is 3.71. The van der Waals surface area contributed by atoms with Crippen LogP contribution in [0.3, 0.4) is 0 Å². The molecule has 8 heteroatoms. The van der Waals surface area contributed by atoms with Gasteiger partial charge >= 0.3 is 0 Å². The summed E-state index contributed by atoms with van der Waals surface area (Å²) in [5.41, 5.74) is 3.33. The fraction of sp³-hybridized carbons (Fsp3) is 0.458. The molecule has 2 fully saturated rings. The first kappa shape index (κ1) is 23.1. The molecule has 2 heterocycles. The van der Waals surface area contributed by atoms with Crippen molar-refractivity contribution < 1.29 is 13.2 Å². The lowest BCUT2D eigenvalue weighted by molar-refractivity contribution is -0.137. The summed E-state index contributed by atoms with van der Waals surface area (Å²) in [4.78, 5) is 17.6. The average molecular weight is 476 g/mol.